The summed E-state index contributed by atoms with van der Waals surface area (Å²) in [6.07, 6.45) is 0. The van der Waals surface area contributed by atoms with Gasteiger partial charge < -0.3 is 5.32 Å². The Bertz CT molecular complexity index is 1160. The summed E-state index contributed by atoms with van der Waals surface area (Å²) in [5.41, 5.74) is 5.18. The number of aromatic amines is 1. The fraction of sp³-hybridized carbons (Fsp3) is 0.136. The lowest BCUT2D eigenvalue weighted by Gasteiger charge is -2.08. The molecule has 0 aliphatic rings. The quantitative estimate of drug-likeness (QED) is 0.452. The summed E-state index contributed by atoms with van der Waals surface area (Å²) in [6.45, 7) is 4.44. The predicted molar refractivity (Wildman–Crippen MR) is 117 cm³/mol. The van der Waals surface area contributed by atoms with E-state index in [4.69, 9.17) is 5.10 Å². The van der Waals surface area contributed by atoms with Crippen LogP contribution in [0.4, 0.5) is 5.82 Å². The van der Waals surface area contributed by atoms with Crippen LogP contribution in [0.5, 0.6) is 0 Å². The second-order valence-electron chi connectivity index (χ2n) is 6.84. The molecule has 2 heterocycles. The van der Waals surface area contributed by atoms with Gasteiger partial charge in [0.1, 0.15) is 5.82 Å². The van der Waals surface area contributed by atoms with Crippen molar-refractivity contribution >= 4 is 27.7 Å². The molecule has 0 saturated carbocycles. The van der Waals surface area contributed by atoms with Gasteiger partial charge in [0, 0.05) is 17.3 Å². The molecule has 2 aromatic carbocycles. The molecule has 0 spiro atoms. The third-order valence-corrected chi connectivity index (χ3v) is 5.68. The number of anilines is 1. The van der Waals surface area contributed by atoms with Crippen molar-refractivity contribution in [3.05, 3.63) is 87.7 Å². The maximum absolute atomic E-state index is 12.8. The number of carbonyl (C=O) groups excluding carboxylic acids is 1. The van der Waals surface area contributed by atoms with Gasteiger partial charge in [-0.25, -0.2) is 4.68 Å². The lowest BCUT2D eigenvalue weighted by molar-refractivity contribution is 0.102. The smallest absolute Gasteiger partial charge is 0.278 e. The number of nitrogens with zero attached hydrogens (tertiary/aromatic N) is 3. The number of hydrogen-bond acceptors (Lipinski definition) is 3. The van der Waals surface area contributed by atoms with Gasteiger partial charge in [0.25, 0.3) is 5.91 Å². The molecular weight excluding hydrogens is 430 g/mol. The molecule has 0 atom stereocenters. The number of benzene rings is 2. The molecule has 0 bridgehead atoms. The molecule has 146 valence electrons. The van der Waals surface area contributed by atoms with Crippen LogP contribution in [0.3, 0.4) is 0 Å². The molecule has 4 aromatic rings. The molecular formula is C22H20BrN5O. The number of aromatic nitrogens is 4. The largest absolute Gasteiger partial charge is 0.305 e. The number of halogens is 1. The summed E-state index contributed by atoms with van der Waals surface area (Å²) in [7, 11) is 0. The Morgan fingerprint density at radius 2 is 1.83 bits per heavy atom. The molecule has 1 amide bonds. The van der Waals surface area contributed by atoms with Gasteiger partial charge in [-0.1, -0.05) is 54.6 Å². The predicted octanol–water partition coefficient (Wildman–Crippen LogP) is 4.95. The van der Waals surface area contributed by atoms with Crippen LogP contribution in [-0.4, -0.2) is 25.9 Å². The third-order valence-electron chi connectivity index (χ3n) is 4.71. The van der Waals surface area contributed by atoms with Gasteiger partial charge in [0.2, 0.25) is 0 Å². The molecule has 0 fully saturated rings. The van der Waals surface area contributed by atoms with E-state index in [1.165, 1.54) is 0 Å². The average molecular weight is 450 g/mol. The van der Waals surface area contributed by atoms with Gasteiger partial charge in [0.05, 0.1) is 16.7 Å². The molecule has 7 heteroatoms. The number of rotatable bonds is 5. The molecule has 2 N–H and O–H groups in total. The minimum atomic E-state index is -0.299. The Hall–Kier alpha value is -3.19. The molecule has 0 saturated heterocycles. The van der Waals surface area contributed by atoms with E-state index in [0.717, 1.165) is 28.1 Å². The van der Waals surface area contributed by atoms with E-state index in [1.54, 1.807) is 0 Å². The van der Waals surface area contributed by atoms with Crippen molar-refractivity contribution in [2.45, 2.75) is 20.4 Å². The minimum Gasteiger partial charge on any atom is -0.305 e. The highest BCUT2D eigenvalue weighted by atomic mass is 79.9. The van der Waals surface area contributed by atoms with Crippen LogP contribution in [0, 0.1) is 13.8 Å². The number of carbonyl (C=O) groups is 1. The molecule has 4 rings (SSSR count). The monoisotopic (exact) mass is 449 g/mol. The summed E-state index contributed by atoms with van der Waals surface area (Å²) < 4.78 is 2.46. The van der Waals surface area contributed by atoms with Gasteiger partial charge in [-0.05, 0) is 40.9 Å². The first-order valence-corrected chi connectivity index (χ1v) is 10.0. The summed E-state index contributed by atoms with van der Waals surface area (Å²) in [5.74, 6) is 0.316. The second kappa shape index (κ2) is 8.05. The van der Waals surface area contributed by atoms with Gasteiger partial charge in [-0.15, -0.1) is 0 Å². The van der Waals surface area contributed by atoms with Gasteiger partial charge in [-0.3, -0.25) is 9.89 Å². The fourth-order valence-electron chi connectivity index (χ4n) is 3.13. The normalized spacial score (nSPS) is 10.9. The Balaban J connectivity index is 1.71. The number of hydrogen-bond donors (Lipinski definition) is 2. The van der Waals surface area contributed by atoms with E-state index >= 15 is 0 Å². The fourth-order valence-corrected chi connectivity index (χ4v) is 3.49. The van der Waals surface area contributed by atoms with Crippen LogP contribution in [0.15, 0.2) is 65.1 Å². The first kappa shape index (κ1) is 19.1. The zero-order valence-electron chi connectivity index (χ0n) is 16.1. The van der Waals surface area contributed by atoms with Crippen LogP contribution in [-0.2, 0) is 6.54 Å². The standard InChI is InChI=1S/C22H20BrN5O/c1-14-8-6-7-11-17(14)18-12-19(24-22(29)21-20(23)15(2)25-26-21)28(27-18)13-16-9-4-3-5-10-16/h3-12H,13H2,1-2H3,(H,24,29)(H,25,26). The SMILES string of the molecule is Cc1ccccc1-c1cc(NC(=O)c2n[nH]c(C)c2Br)n(Cc2ccccc2)n1. The Morgan fingerprint density at radius 3 is 2.52 bits per heavy atom. The number of nitrogens with one attached hydrogen (secondary N) is 2. The first-order chi connectivity index (χ1) is 14.0. The number of amides is 1. The third kappa shape index (κ3) is 4.00. The van der Waals surface area contributed by atoms with Gasteiger partial charge in [-0.2, -0.15) is 10.2 Å². The zero-order valence-corrected chi connectivity index (χ0v) is 17.7. The number of H-pyrrole nitrogens is 1. The zero-order chi connectivity index (χ0) is 20.4. The maximum atomic E-state index is 12.8. The van der Waals surface area contributed by atoms with E-state index in [9.17, 15) is 4.79 Å². The van der Waals surface area contributed by atoms with E-state index < -0.39 is 0 Å². The maximum Gasteiger partial charge on any atom is 0.278 e. The molecule has 0 unspecified atom stereocenters. The minimum absolute atomic E-state index is 0.299. The highest BCUT2D eigenvalue weighted by Gasteiger charge is 2.19. The van der Waals surface area contributed by atoms with Crippen molar-refractivity contribution in [3.63, 3.8) is 0 Å². The van der Waals surface area contributed by atoms with E-state index in [2.05, 4.69) is 31.4 Å². The van der Waals surface area contributed by atoms with Crippen LogP contribution in [0.25, 0.3) is 11.3 Å². The Labute approximate surface area is 177 Å². The van der Waals surface area contributed by atoms with Crippen LogP contribution in [0.1, 0.15) is 27.3 Å². The van der Waals surface area contributed by atoms with Crippen molar-refractivity contribution in [2.24, 2.45) is 0 Å². The number of aryl methyl sites for hydroxylation is 2. The molecule has 2 aromatic heterocycles. The van der Waals surface area contributed by atoms with E-state index in [1.807, 2.05) is 79.2 Å². The highest BCUT2D eigenvalue weighted by molar-refractivity contribution is 9.10. The topological polar surface area (TPSA) is 75.6 Å². The molecule has 29 heavy (non-hydrogen) atoms. The Morgan fingerprint density at radius 1 is 1.10 bits per heavy atom. The molecule has 0 aliphatic carbocycles. The summed E-state index contributed by atoms with van der Waals surface area (Å²) in [5, 5.41) is 14.6. The lowest BCUT2D eigenvalue weighted by atomic mass is 10.1. The summed E-state index contributed by atoms with van der Waals surface area (Å²) >= 11 is 3.41. The van der Waals surface area contributed by atoms with Gasteiger partial charge in [0.15, 0.2) is 5.69 Å². The summed E-state index contributed by atoms with van der Waals surface area (Å²) in [4.78, 5) is 12.8. The van der Waals surface area contributed by atoms with Crippen molar-refractivity contribution < 1.29 is 4.79 Å². The Kier molecular flexibility index (Phi) is 5.31. The molecule has 0 radical (unpaired) electrons. The van der Waals surface area contributed by atoms with Crippen molar-refractivity contribution in [1.82, 2.24) is 20.0 Å². The van der Waals surface area contributed by atoms with E-state index in [-0.39, 0.29) is 5.91 Å². The van der Waals surface area contributed by atoms with Crippen LogP contribution < -0.4 is 5.32 Å². The van der Waals surface area contributed by atoms with Crippen molar-refractivity contribution in [1.29, 1.82) is 0 Å². The lowest BCUT2D eigenvalue weighted by Crippen LogP contribution is -2.17. The molecule has 0 aliphatic heterocycles. The molecule has 6 nitrogen and oxygen atoms in total. The second-order valence-corrected chi connectivity index (χ2v) is 7.63. The average Bonchev–Trinajstić information content (AvgIpc) is 3.26. The van der Waals surface area contributed by atoms with Crippen LogP contribution >= 0.6 is 15.9 Å². The summed E-state index contributed by atoms with van der Waals surface area (Å²) in [6, 6.07) is 20.0. The van der Waals surface area contributed by atoms with Gasteiger partial charge >= 0.3 is 0 Å². The van der Waals surface area contributed by atoms with E-state index in [0.29, 0.717) is 22.5 Å². The highest BCUT2D eigenvalue weighted by Crippen LogP contribution is 2.26. The van der Waals surface area contributed by atoms with Crippen LogP contribution in [0.2, 0.25) is 0 Å². The van der Waals surface area contributed by atoms with Crippen molar-refractivity contribution in [3.8, 4) is 11.3 Å². The van der Waals surface area contributed by atoms with Crippen molar-refractivity contribution in [2.75, 3.05) is 5.32 Å². The first-order valence-electron chi connectivity index (χ1n) is 9.22.